The van der Waals surface area contributed by atoms with Crippen LogP contribution in [-0.4, -0.2) is 22.7 Å². The number of Topliss-reactive ketones (excluding diaryl/α,β-unsaturated/α-hetero) is 1. The Balaban J connectivity index is 4.52. The predicted octanol–water partition coefficient (Wildman–Crippen LogP) is 1.68. The molecule has 0 aromatic carbocycles. The number of hydrogen-bond acceptors (Lipinski definition) is 3. The second-order valence-electron chi connectivity index (χ2n) is 2.43. The second kappa shape index (κ2) is 4.60. The molecule has 1 atom stereocenters. The van der Waals surface area contributed by atoms with Crippen LogP contribution < -0.4 is 0 Å². The lowest BCUT2D eigenvalue weighted by Gasteiger charge is -2.19. The van der Waals surface area contributed by atoms with E-state index in [2.05, 4.69) is 15.9 Å². The fraction of sp³-hybridized carbons (Fsp3) is 0.750. The van der Waals surface area contributed by atoms with Crippen molar-refractivity contribution in [1.29, 1.82) is 0 Å². The van der Waals surface area contributed by atoms with Gasteiger partial charge in [-0.1, -0.05) is 22.9 Å². The lowest BCUT2D eigenvalue weighted by molar-refractivity contribution is -0.148. The number of esters is 1. The van der Waals surface area contributed by atoms with Gasteiger partial charge >= 0.3 is 5.97 Å². The summed E-state index contributed by atoms with van der Waals surface area (Å²) in [7, 11) is 0. The fourth-order valence-corrected chi connectivity index (χ4v) is 0.897. The summed E-state index contributed by atoms with van der Waals surface area (Å²) in [4.78, 5) is 22.3. The molecule has 0 spiro atoms. The molecule has 0 aromatic rings. The first-order valence-corrected chi connectivity index (χ1v) is 4.65. The van der Waals surface area contributed by atoms with Crippen molar-refractivity contribution < 1.29 is 14.3 Å². The van der Waals surface area contributed by atoms with Gasteiger partial charge in [0, 0.05) is 0 Å². The monoisotopic (exact) mass is 236 g/mol. The summed E-state index contributed by atoms with van der Waals surface area (Å²) in [5, 5.41) is 0. The van der Waals surface area contributed by atoms with Crippen LogP contribution in [0.4, 0.5) is 0 Å². The molecular weight excluding hydrogens is 224 g/mol. The summed E-state index contributed by atoms with van der Waals surface area (Å²) in [5.74, 6) is -0.719. The maximum absolute atomic E-state index is 11.2. The van der Waals surface area contributed by atoms with Gasteiger partial charge in [0.2, 0.25) is 0 Å². The van der Waals surface area contributed by atoms with Gasteiger partial charge in [0.25, 0.3) is 0 Å². The Morgan fingerprint density at radius 2 is 1.92 bits per heavy atom. The Labute approximate surface area is 80.6 Å². The molecule has 0 radical (unpaired) electrons. The first kappa shape index (κ1) is 11.6. The fourth-order valence-electron chi connectivity index (χ4n) is 0.782. The van der Waals surface area contributed by atoms with E-state index < -0.39 is 10.3 Å². The van der Waals surface area contributed by atoms with Crippen LogP contribution in [-0.2, 0) is 14.3 Å². The maximum atomic E-state index is 11.2. The van der Waals surface area contributed by atoms with Crippen molar-refractivity contribution >= 4 is 27.7 Å². The average molecular weight is 237 g/mol. The molecule has 0 heterocycles. The van der Waals surface area contributed by atoms with Crippen LogP contribution in [0.2, 0.25) is 0 Å². The molecule has 0 amide bonds. The van der Waals surface area contributed by atoms with E-state index in [0.717, 1.165) is 0 Å². The molecule has 0 bridgehead atoms. The van der Waals surface area contributed by atoms with Crippen LogP contribution in [0, 0.1) is 0 Å². The van der Waals surface area contributed by atoms with Crippen LogP contribution in [0.3, 0.4) is 0 Å². The zero-order valence-corrected chi connectivity index (χ0v) is 9.10. The van der Waals surface area contributed by atoms with Crippen LogP contribution >= 0.6 is 15.9 Å². The number of hydrogen-bond donors (Lipinski definition) is 0. The molecule has 3 nitrogen and oxygen atoms in total. The van der Waals surface area contributed by atoms with Crippen molar-refractivity contribution in [3.8, 4) is 0 Å². The van der Waals surface area contributed by atoms with E-state index in [4.69, 9.17) is 4.74 Å². The molecule has 70 valence electrons. The van der Waals surface area contributed by atoms with Gasteiger partial charge in [0.05, 0.1) is 6.61 Å². The summed E-state index contributed by atoms with van der Waals surface area (Å²) < 4.78 is 3.62. The highest BCUT2D eigenvalue weighted by Crippen LogP contribution is 2.25. The largest absolute Gasteiger partial charge is 0.465 e. The minimum Gasteiger partial charge on any atom is -0.465 e. The standard InChI is InChI=1S/C8H13BrO3/c1-4-8(9,6(3)10)7(11)12-5-2/h4-5H2,1-3H3/t8-/m1/s1. The van der Waals surface area contributed by atoms with Crippen LogP contribution in [0.1, 0.15) is 27.2 Å². The molecule has 0 aliphatic rings. The number of ketones is 1. The highest BCUT2D eigenvalue weighted by molar-refractivity contribution is 9.10. The zero-order valence-electron chi connectivity index (χ0n) is 7.52. The molecule has 0 aromatic heterocycles. The smallest absolute Gasteiger partial charge is 0.330 e. The number of halogens is 1. The SMILES string of the molecule is CCOC(=O)[C@@](Br)(CC)C(C)=O. The van der Waals surface area contributed by atoms with Crippen molar-refractivity contribution in [2.24, 2.45) is 0 Å². The van der Waals surface area contributed by atoms with E-state index in [9.17, 15) is 9.59 Å². The van der Waals surface area contributed by atoms with Crippen LogP contribution in [0.5, 0.6) is 0 Å². The Kier molecular flexibility index (Phi) is 4.45. The Bertz CT molecular complexity index is 191. The molecule has 0 N–H and O–H groups in total. The molecule has 0 aliphatic heterocycles. The highest BCUT2D eigenvalue weighted by atomic mass is 79.9. The van der Waals surface area contributed by atoms with Gasteiger partial charge in [-0.3, -0.25) is 9.59 Å². The molecule has 0 saturated heterocycles. The molecule has 0 unspecified atom stereocenters. The quantitative estimate of drug-likeness (QED) is 0.424. The van der Waals surface area contributed by atoms with Crippen molar-refractivity contribution in [3.63, 3.8) is 0 Å². The normalized spacial score (nSPS) is 15.0. The van der Waals surface area contributed by atoms with Crippen molar-refractivity contribution in [2.45, 2.75) is 31.5 Å². The van der Waals surface area contributed by atoms with Crippen molar-refractivity contribution in [1.82, 2.24) is 0 Å². The number of rotatable bonds is 4. The maximum Gasteiger partial charge on any atom is 0.330 e. The summed E-state index contributed by atoms with van der Waals surface area (Å²) in [6.45, 7) is 5.13. The molecule has 0 aliphatic carbocycles. The van der Waals surface area contributed by atoms with Crippen LogP contribution in [0.25, 0.3) is 0 Å². The number of carbonyl (C=O) groups is 2. The van der Waals surface area contributed by atoms with Gasteiger partial charge in [-0.2, -0.15) is 0 Å². The predicted molar refractivity (Wildman–Crippen MR) is 49.3 cm³/mol. The molecule has 0 saturated carbocycles. The van der Waals surface area contributed by atoms with Crippen molar-refractivity contribution in [2.75, 3.05) is 6.61 Å². The van der Waals surface area contributed by atoms with E-state index >= 15 is 0 Å². The number of alkyl halides is 1. The Morgan fingerprint density at radius 3 is 2.17 bits per heavy atom. The minimum absolute atomic E-state index is 0.219. The number of carbonyl (C=O) groups excluding carboxylic acids is 2. The van der Waals surface area contributed by atoms with Gasteiger partial charge in [0.1, 0.15) is 0 Å². The van der Waals surface area contributed by atoms with Gasteiger partial charge in [-0.05, 0) is 20.3 Å². The number of ether oxygens (including phenoxy) is 1. The summed E-state index contributed by atoms with van der Waals surface area (Å²) in [6, 6.07) is 0. The lowest BCUT2D eigenvalue weighted by Crippen LogP contribution is -2.40. The van der Waals surface area contributed by atoms with E-state index in [-0.39, 0.29) is 5.78 Å². The minimum atomic E-state index is -1.14. The third kappa shape index (κ3) is 2.30. The summed E-state index contributed by atoms with van der Waals surface area (Å²) >= 11 is 3.09. The zero-order chi connectivity index (χ0) is 9.78. The Hall–Kier alpha value is -0.380. The third-order valence-corrected chi connectivity index (χ3v) is 3.09. The molecule has 0 rings (SSSR count). The third-order valence-electron chi connectivity index (χ3n) is 1.64. The molecule has 0 fully saturated rings. The lowest BCUT2D eigenvalue weighted by atomic mass is 10.0. The van der Waals surface area contributed by atoms with Gasteiger partial charge < -0.3 is 4.74 Å². The van der Waals surface area contributed by atoms with E-state index in [1.54, 1.807) is 13.8 Å². The highest BCUT2D eigenvalue weighted by Gasteiger charge is 2.40. The molecule has 4 heteroatoms. The van der Waals surface area contributed by atoms with Gasteiger partial charge in [0.15, 0.2) is 10.1 Å². The topological polar surface area (TPSA) is 43.4 Å². The molecule has 12 heavy (non-hydrogen) atoms. The average Bonchev–Trinajstić information content (AvgIpc) is 2.03. The van der Waals surface area contributed by atoms with Gasteiger partial charge in [-0.25, -0.2) is 0 Å². The first-order chi connectivity index (χ1) is 5.49. The van der Waals surface area contributed by atoms with E-state index in [1.165, 1.54) is 6.92 Å². The van der Waals surface area contributed by atoms with E-state index in [1.807, 2.05) is 0 Å². The second-order valence-corrected chi connectivity index (χ2v) is 3.79. The summed E-state index contributed by atoms with van der Waals surface area (Å²) in [6.07, 6.45) is 0.404. The van der Waals surface area contributed by atoms with E-state index in [0.29, 0.717) is 13.0 Å². The van der Waals surface area contributed by atoms with Gasteiger partial charge in [-0.15, -0.1) is 0 Å². The summed E-state index contributed by atoms with van der Waals surface area (Å²) in [5.41, 5.74) is 0. The Morgan fingerprint density at radius 1 is 1.42 bits per heavy atom. The van der Waals surface area contributed by atoms with Crippen LogP contribution in [0.15, 0.2) is 0 Å². The molecular formula is C8H13BrO3. The van der Waals surface area contributed by atoms with Crippen molar-refractivity contribution in [3.05, 3.63) is 0 Å². The first-order valence-electron chi connectivity index (χ1n) is 3.86.